The SMILES string of the molecule is CC1(C)O[C@@H]2C[C@H]3[C@@H]4C[C@H](F)C5=Cc6c(cnn6-c6ncc([PH](C)(C)O)s6)C[C@]5(C)[C@H]4[C@@H](O)C[C@]3(C)[C@]2(C(=O)CO)O1. The number of alkyl halides is 1. The van der Waals surface area contributed by atoms with Crippen LogP contribution in [0.5, 0.6) is 0 Å². The molecule has 42 heavy (non-hydrogen) atoms. The summed E-state index contributed by atoms with van der Waals surface area (Å²) in [5.41, 5.74) is -0.420. The van der Waals surface area contributed by atoms with E-state index in [9.17, 15) is 19.9 Å². The number of rotatable bonds is 4. The number of hydrogen-bond acceptors (Lipinski definition) is 9. The number of thiazole rings is 1. The number of ketones is 1. The van der Waals surface area contributed by atoms with Gasteiger partial charge in [-0.25, -0.2) is 0 Å². The van der Waals surface area contributed by atoms with E-state index in [0.717, 1.165) is 15.9 Å². The van der Waals surface area contributed by atoms with Gasteiger partial charge in [0.05, 0.1) is 6.10 Å². The molecule has 0 spiro atoms. The molecule has 2 aromatic rings. The Hall–Kier alpha value is -1.59. The summed E-state index contributed by atoms with van der Waals surface area (Å²) in [5, 5.41) is 27.3. The second-order valence-electron chi connectivity index (χ2n) is 14.6. The molecule has 0 bridgehead atoms. The van der Waals surface area contributed by atoms with Crippen LogP contribution in [0.1, 0.15) is 58.2 Å². The van der Waals surface area contributed by atoms with E-state index in [1.807, 2.05) is 32.5 Å². The van der Waals surface area contributed by atoms with Gasteiger partial charge in [0, 0.05) is 0 Å². The number of carbonyl (C=O) groups is 1. The minimum absolute atomic E-state index is 0.122. The van der Waals surface area contributed by atoms with Crippen molar-refractivity contribution in [1.29, 1.82) is 0 Å². The summed E-state index contributed by atoms with van der Waals surface area (Å²) in [7, 11) is -2.53. The van der Waals surface area contributed by atoms with Gasteiger partial charge in [-0.15, -0.1) is 0 Å². The van der Waals surface area contributed by atoms with Crippen LogP contribution >= 0.6 is 18.8 Å². The molecule has 0 aromatic carbocycles. The molecule has 0 unspecified atom stereocenters. The third-order valence-electron chi connectivity index (χ3n) is 11.2. The number of halogens is 1. The van der Waals surface area contributed by atoms with Crippen LogP contribution in [-0.4, -0.2) is 85.4 Å². The van der Waals surface area contributed by atoms with Gasteiger partial charge in [0.25, 0.3) is 0 Å². The predicted octanol–water partition coefficient (Wildman–Crippen LogP) is 3.03. The van der Waals surface area contributed by atoms with Crippen LogP contribution in [0.15, 0.2) is 18.0 Å². The number of fused-ring (bicyclic) bond motifs is 8. The van der Waals surface area contributed by atoms with Crippen molar-refractivity contribution >= 4 is 35.3 Å². The Morgan fingerprint density at radius 3 is 2.64 bits per heavy atom. The molecule has 2 aromatic heterocycles. The molecule has 5 aliphatic rings. The summed E-state index contributed by atoms with van der Waals surface area (Å²) >= 11 is 1.41. The third-order valence-corrected chi connectivity index (χ3v) is 15.2. The van der Waals surface area contributed by atoms with Crippen molar-refractivity contribution in [1.82, 2.24) is 14.8 Å². The Bertz CT molecular complexity index is 1500. The first kappa shape index (κ1) is 29.1. The van der Waals surface area contributed by atoms with Gasteiger partial charge in [-0.3, -0.25) is 4.79 Å². The molecule has 4 aliphatic carbocycles. The Labute approximate surface area is 249 Å². The van der Waals surface area contributed by atoms with Gasteiger partial charge >= 0.3 is 180 Å². The smallest absolute Gasteiger partial charge is 0.388 e. The predicted molar refractivity (Wildman–Crippen MR) is 159 cm³/mol. The normalized spacial score (nSPS) is 42.2. The molecule has 3 saturated carbocycles. The summed E-state index contributed by atoms with van der Waals surface area (Å²) in [6.45, 7) is 10.6. The van der Waals surface area contributed by atoms with Crippen molar-refractivity contribution in [2.75, 3.05) is 19.9 Å². The summed E-state index contributed by atoms with van der Waals surface area (Å²) in [5.74, 6) is -1.99. The molecule has 0 radical (unpaired) electrons. The van der Waals surface area contributed by atoms with E-state index in [-0.39, 0.29) is 24.2 Å². The molecule has 4 fully saturated rings. The van der Waals surface area contributed by atoms with Gasteiger partial charge < -0.3 is 14.6 Å². The second-order valence-corrected chi connectivity index (χ2v) is 19.6. The molecule has 9 nitrogen and oxygen atoms in total. The number of Topliss-reactive ketones (excluding diaryl/α,β-unsaturated/α-hetero) is 1. The van der Waals surface area contributed by atoms with E-state index in [0.29, 0.717) is 30.0 Å². The minimum atomic E-state index is -2.53. The molecule has 3 N–H and O–H groups in total. The number of allylic oxidation sites excluding steroid dienone is 1. The molecule has 0 amide bonds. The van der Waals surface area contributed by atoms with E-state index in [2.05, 4.69) is 17.0 Å². The molecular formula is C30H41FN3O6PS. The van der Waals surface area contributed by atoms with Gasteiger partial charge in [-0.2, -0.15) is 0 Å². The Balaban J connectivity index is 1.27. The van der Waals surface area contributed by atoms with Crippen molar-refractivity contribution < 1.29 is 33.8 Å². The standard InChI is InChI=1S/C30H41FN3O6PS/c1-27(2)39-23-9-17-16-7-19(31)18-8-20-15(12-33-34(20)26-32-13-24(42-26)41(5,6)38)10-28(18,3)25(16)21(36)11-29(17,4)30(23,40-27)22(37)14-35/h8,12-13,16-17,19,21,23,25,35-36,38,41H,7,9-11,14H2,1-6H3/t16-,17-,19-,21-,23+,25+,28-,29-,30+/m0/s1. The van der Waals surface area contributed by atoms with Crippen LogP contribution < -0.4 is 4.62 Å². The number of aliphatic hydroxyl groups excluding tert-OH is 2. The summed E-state index contributed by atoms with van der Waals surface area (Å²) in [6.07, 6.45) is 4.40. The number of hydrogen-bond donors (Lipinski definition) is 3. The van der Waals surface area contributed by atoms with E-state index in [4.69, 9.17) is 9.47 Å². The quantitative estimate of drug-likeness (QED) is 0.445. The maximum absolute atomic E-state index is 16.5. The number of nitrogens with zero attached hydrogens (tertiary/aromatic N) is 3. The molecule has 230 valence electrons. The summed E-state index contributed by atoms with van der Waals surface area (Å²) < 4.78 is 31.8. The monoisotopic (exact) mass is 621 g/mol. The molecule has 7 rings (SSSR count). The minimum Gasteiger partial charge on any atom is -0.388 e. The van der Waals surface area contributed by atoms with Crippen molar-refractivity contribution in [3.05, 3.63) is 29.2 Å². The summed E-state index contributed by atoms with van der Waals surface area (Å²) in [6, 6.07) is 0. The van der Waals surface area contributed by atoms with Crippen LogP contribution in [-0.2, 0) is 20.7 Å². The number of aromatic nitrogens is 3. The van der Waals surface area contributed by atoms with Crippen LogP contribution in [0.2, 0.25) is 0 Å². The first-order chi connectivity index (χ1) is 19.6. The number of carbonyl (C=O) groups excluding carboxylic acids is 1. The molecule has 3 heterocycles. The topological polar surface area (TPSA) is 127 Å². The zero-order chi connectivity index (χ0) is 30.2. The maximum atomic E-state index is 16.5. The fourth-order valence-corrected chi connectivity index (χ4v) is 12.0. The fraction of sp³-hybridized carbons (Fsp3) is 0.700. The van der Waals surface area contributed by atoms with E-state index in [1.54, 1.807) is 24.7 Å². The third kappa shape index (κ3) is 3.71. The Morgan fingerprint density at radius 2 is 1.98 bits per heavy atom. The van der Waals surface area contributed by atoms with Crippen molar-refractivity contribution in [3.8, 4) is 5.13 Å². The molecule has 12 heteroatoms. The van der Waals surface area contributed by atoms with E-state index in [1.165, 1.54) is 11.3 Å². The fourth-order valence-electron chi connectivity index (χ4n) is 9.71. The second kappa shape index (κ2) is 8.99. The average Bonchev–Trinajstić information content (AvgIpc) is 3.63. The molecule has 1 aliphatic heterocycles. The summed E-state index contributed by atoms with van der Waals surface area (Å²) in [4.78, 5) is 28.5. The molecular weight excluding hydrogens is 580 g/mol. The van der Waals surface area contributed by atoms with Gasteiger partial charge in [0.1, 0.15) is 6.61 Å². The van der Waals surface area contributed by atoms with E-state index < -0.39 is 60.5 Å². The van der Waals surface area contributed by atoms with Crippen LogP contribution in [0.4, 0.5) is 4.39 Å². The first-order valence-electron chi connectivity index (χ1n) is 14.9. The number of aliphatic hydroxyl groups is 2. The van der Waals surface area contributed by atoms with Crippen molar-refractivity contribution in [2.45, 2.75) is 83.1 Å². The van der Waals surface area contributed by atoms with E-state index >= 15 is 4.39 Å². The van der Waals surface area contributed by atoms with Crippen molar-refractivity contribution in [2.24, 2.45) is 28.6 Å². The Morgan fingerprint density at radius 1 is 1.24 bits per heavy atom. The number of ether oxygens (including phenoxy) is 2. The van der Waals surface area contributed by atoms with Gasteiger partial charge in [0.15, 0.2) is 17.2 Å². The van der Waals surface area contributed by atoms with Gasteiger partial charge in [-0.05, 0) is 13.8 Å². The molecule has 9 atom stereocenters. The van der Waals surface area contributed by atoms with Crippen LogP contribution in [0.3, 0.4) is 0 Å². The average molecular weight is 622 g/mol. The zero-order valence-electron chi connectivity index (χ0n) is 24.9. The van der Waals surface area contributed by atoms with Crippen LogP contribution in [0, 0.1) is 28.6 Å². The van der Waals surface area contributed by atoms with Gasteiger partial charge in [-0.1, -0.05) is 6.92 Å². The first-order valence-corrected chi connectivity index (χ1v) is 18.6. The van der Waals surface area contributed by atoms with Gasteiger partial charge in [0.2, 0.25) is 0 Å². The molecule has 1 saturated heterocycles. The van der Waals surface area contributed by atoms with Crippen molar-refractivity contribution in [3.63, 3.8) is 0 Å². The zero-order valence-corrected chi connectivity index (χ0v) is 26.7. The van der Waals surface area contributed by atoms with Crippen LogP contribution in [0.25, 0.3) is 11.2 Å². The Kier molecular flexibility index (Phi) is 6.24.